The number of benzene rings is 1. The van der Waals surface area contributed by atoms with Crippen LogP contribution in [-0.2, 0) is 9.53 Å². The number of rotatable bonds is 8. The summed E-state index contributed by atoms with van der Waals surface area (Å²) in [5.74, 6) is -0.888. The molecule has 2 N–H and O–H groups in total. The van der Waals surface area contributed by atoms with Crippen LogP contribution in [0, 0.1) is 11.7 Å². The Labute approximate surface area is 129 Å². The number of nitrogens with one attached hydrogen (secondary N) is 1. The second-order valence-corrected chi connectivity index (χ2v) is 5.38. The maximum Gasteiger partial charge on any atom is 0.222 e. The average Bonchev–Trinajstić information content (AvgIpc) is 2.47. The molecule has 0 saturated heterocycles. The zero-order chi connectivity index (χ0) is 15.8. The summed E-state index contributed by atoms with van der Waals surface area (Å²) in [5, 5.41) is 12.6. The van der Waals surface area contributed by atoms with E-state index in [1.807, 2.05) is 6.92 Å². The highest BCUT2D eigenvalue weighted by Crippen LogP contribution is 2.20. The molecule has 1 aromatic carbocycles. The lowest BCUT2D eigenvalue weighted by molar-refractivity contribution is -0.125. The van der Waals surface area contributed by atoms with Gasteiger partial charge < -0.3 is 15.2 Å². The molecule has 0 saturated carbocycles. The summed E-state index contributed by atoms with van der Waals surface area (Å²) in [4.78, 5) is 11.8. The van der Waals surface area contributed by atoms with E-state index in [1.54, 1.807) is 7.11 Å². The van der Waals surface area contributed by atoms with Gasteiger partial charge in [0.1, 0.15) is 5.82 Å². The van der Waals surface area contributed by atoms with Gasteiger partial charge in [0.2, 0.25) is 5.91 Å². The molecule has 0 fully saturated rings. The molecule has 0 aromatic heterocycles. The van der Waals surface area contributed by atoms with Gasteiger partial charge in [0.25, 0.3) is 0 Å². The average molecular weight is 318 g/mol. The number of hydrogen-bond acceptors (Lipinski definition) is 3. The van der Waals surface area contributed by atoms with Gasteiger partial charge in [-0.15, -0.1) is 0 Å². The lowest BCUT2D eigenvalue weighted by Crippen LogP contribution is -2.32. The molecule has 6 heteroatoms. The smallest absolute Gasteiger partial charge is 0.222 e. The van der Waals surface area contributed by atoms with Gasteiger partial charge in [0.15, 0.2) is 0 Å². The summed E-state index contributed by atoms with van der Waals surface area (Å²) in [6.45, 7) is 2.47. The number of hydrogen-bond donors (Lipinski definition) is 2. The lowest BCUT2D eigenvalue weighted by Gasteiger charge is -2.15. The predicted octanol–water partition coefficient (Wildman–Crippen LogP) is 2.69. The molecule has 1 rings (SSSR count). The number of halogens is 2. The lowest BCUT2D eigenvalue weighted by atomic mass is 10.0. The summed E-state index contributed by atoms with van der Waals surface area (Å²) in [5.41, 5.74) is 0.379. The fourth-order valence-corrected chi connectivity index (χ4v) is 1.99. The maximum atomic E-state index is 13.3. The van der Waals surface area contributed by atoms with Crippen molar-refractivity contribution in [2.75, 3.05) is 20.3 Å². The zero-order valence-corrected chi connectivity index (χ0v) is 13.0. The van der Waals surface area contributed by atoms with Crippen molar-refractivity contribution in [1.29, 1.82) is 0 Å². The molecule has 0 aliphatic heterocycles. The minimum absolute atomic E-state index is 0.00162. The third kappa shape index (κ3) is 5.99. The molecule has 2 atom stereocenters. The summed E-state index contributed by atoms with van der Waals surface area (Å²) in [6.07, 6.45) is 0.549. The van der Waals surface area contributed by atoms with Crippen molar-refractivity contribution in [1.82, 2.24) is 5.32 Å². The van der Waals surface area contributed by atoms with Crippen molar-refractivity contribution >= 4 is 17.5 Å². The molecular formula is C15H21ClFNO3. The zero-order valence-electron chi connectivity index (χ0n) is 12.2. The molecular weight excluding hydrogens is 297 g/mol. The fourth-order valence-electron chi connectivity index (χ4n) is 1.87. The molecule has 0 aliphatic carbocycles. The normalized spacial score (nSPS) is 13.8. The Morgan fingerprint density at radius 1 is 1.52 bits per heavy atom. The number of amides is 1. The van der Waals surface area contributed by atoms with Crippen LogP contribution in [-0.4, -0.2) is 31.3 Å². The molecule has 1 amide bonds. The molecule has 0 heterocycles. The monoisotopic (exact) mass is 317 g/mol. The van der Waals surface area contributed by atoms with Crippen LogP contribution in [0.5, 0.6) is 0 Å². The molecule has 0 bridgehead atoms. The van der Waals surface area contributed by atoms with Gasteiger partial charge in [-0.1, -0.05) is 24.6 Å². The highest BCUT2D eigenvalue weighted by atomic mass is 35.5. The van der Waals surface area contributed by atoms with Gasteiger partial charge in [0, 0.05) is 26.2 Å². The van der Waals surface area contributed by atoms with E-state index < -0.39 is 11.9 Å². The van der Waals surface area contributed by atoms with Crippen LogP contribution in [0.15, 0.2) is 18.2 Å². The number of methoxy groups -OCH3 is 1. The first-order valence-corrected chi connectivity index (χ1v) is 7.23. The van der Waals surface area contributed by atoms with Crippen LogP contribution in [0.25, 0.3) is 0 Å². The number of aliphatic hydroxyl groups is 1. The molecule has 118 valence electrons. The fraction of sp³-hybridized carbons (Fsp3) is 0.533. The summed E-state index contributed by atoms with van der Waals surface area (Å²) in [7, 11) is 1.62. The van der Waals surface area contributed by atoms with Gasteiger partial charge in [-0.2, -0.15) is 0 Å². The summed E-state index contributed by atoms with van der Waals surface area (Å²) >= 11 is 5.58. The Kier molecular flexibility index (Phi) is 7.64. The van der Waals surface area contributed by atoms with Crippen molar-refractivity contribution in [2.24, 2.45) is 5.92 Å². The maximum absolute atomic E-state index is 13.3. The Hall–Kier alpha value is -1.17. The van der Waals surface area contributed by atoms with Gasteiger partial charge in [-0.05, 0) is 30.5 Å². The van der Waals surface area contributed by atoms with Crippen molar-refractivity contribution in [3.05, 3.63) is 34.6 Å². The van der Waals surface area contributed by atoms with Crippen LogP contribution in [0.1, 0.15) is 31.4 Å². The van der Waals surface area contributed by atoms with Crippen LogP contribution in [0.4, 0.5) is 4.39 Å². The van der Waals surface area contributed by atoms with Gasteiger partial charge >= 0.3 is 0 Å². The van der Waals surface area contributed by atoms with Crippen LogP contribution >= 0.6 is 11.6 Å². The Morgan fingerprint density at radius 3 is 2.86 bits per heavy atom. The van der Waals surface area contributed by atoms with Crippen LogP contribution in [0.2, 0.25) is 5.02 Å². The van der Waals surface area contributed by atoms with Crippen LogP contribution < -0.4 is 5.32 Å². The second-order valence-electron chi connectivity index (χ2n) is 4.97. The van der Waals surface area contributed by atoms with E-state index in [-0.39, 0.29) is 23.4 Å². The van der Waals surface area contributed by atoms with Crippen molar-refractivity contribution in [3.8, 4) is 0 Å². The Bertz CT molecular complexity index is 470. The number of aliphatic hydroxyl groups excluding tert-OH is 1. The minimum atomic E-state index is -0.966. The molecule has 0 radical (unpaired) electrons. The third-order valence-corrected chi connectivity index (χ3v) is 3.54. The van der Waals surface area contributed by atoms with Gasteiger partial charge in [-0.25, -0.2) is 4.39 Å². The topological polar surface area (TPSA) is 58.6 Å². The first-order chi connectivity index (χ1) is 9.95. The van der Waals surface area contributed by atoms with E-state index in [0.29, 0.717) is 18.6 Å². The predicted molar refractivity (Wildman–Crippen MR) is 79.7 cm³/mol. The van der Waals surface area contributed by atoms with E-state index in [4.69, 9.17) is 16.3 Å². The second kappa shape index (κ2) is 8.97. The van der Waals surface area contributed by atoms with E-state index in [9.17, 15) is 14.3 Å². The number of carbonyl (C=O) groups excluding carboxylic acids is 1. The molecule has 0 aliphatic rings. The van der Waals surface area contributed by atoms with Gasteiger partial charge in [-0.3, -0.25) is 4.79 Å². The minimum Gasteiger partial charge on any atom is -0.387 e. The highest BCUT2D eigenvalue weighted by Gasteiger charge is 2.15. The quantitative estimate of drug-likeness (QED) is 0.725. The van der Waals surface area contributed by atoms with E-state index in [0.717, 1.165) is 6.42 Å². The number of carbonyl (C=O) groups is 1. The van der Waals surface area contributed by atoms with E-state index >= 15 is 0 Å². The molecule has 0 spiro atoms. The van der Waals surface area contributed by atoms with E-state index in [2.05, 4.69) is 5.32 Å². The first kappa shape index (κ1) is 17.9. The van der Waals surface area contributed by atoms with Crippen molar-refractivity contribution in [3.63, 3.8) is 0 Å². The van der Waals surface area contributed by atoms with E-state index in [1.165, 1.54) is 18.2 Å². The molecule has 2 unspecified atom stereocenters. The SMILES string of the molecule is COCCCC(C)C(=O)NCC(O)c1ccc(Cl)c(F)c1. The Morgan fingerprint density at radius 2 is 2.24 bits per heavy atom. The van der Waals surface area contributed by atoms with Gasteiger partial charge in [0.05, 0.1) is 11.1 Å². The first-order valence-electron chi connectivity index (χ1n) is 6.85. The number of ether oxygens (including phenoxy) is 1. The van der Waals surface area contributed by atoms with Crippen molar-refractivity contribution in [2.45, 2.75) is 25.9 Å². The molecule has 1 aromatic rings. The van der Waals surface area contributed by atoms with Crippen LogP contribution in [0.3, 0.4) is 0 Å². The highest BCUT2D eigenvalue weighted by molar-refractivity contribution is 6.30. The van der Waals surface area contributed by atoms with Crippen molar-refractivity contribution < 1.29 is 19.0 Å². The largest absolute Gasteiger partial charge is 0.387 e. The third-order valence-electron chi connectivity index (χ3n) is 3.23. The molecule has 21 heavy (non-hydrogen) atoms. The summed E-state index contributed by atoms with van der Waals surface area (Å²) in [6, 6.07) is 4.08. The Balaban J connectivity index is 2.42. The summed E-state index contributed by atoms with van der Waals surface area (Å²) < 4.78 is 18.2. The standard InChI is InChI=1S/C15H21ClFNO3/c1-10(4-3-7-21-2)15(20)18-9-14(19)11-5-6-12(16)13(17)8-11/h5-6,8,10,14,19H,3-4,7,9H2,1-2H3,(H,18,20). The molecule has 4 nitrogen and oxygen atoms in total.